The van der Waals surface area contributed by atoms with Crippen LogP contribution in [0.3, 0.4) is 0 Å². The average Bonchev–Trinajstić information content (AvgIpc) is 2.52. The molecule has 0 amide bonds. The van der Waals surface area contributed by atoms with E-state index >= 15 is 0 Å². The molecule has 0 atom stereocenters. The zero-order chi connectivity index (χ0) is 15.1. The molecule has 0 bridgehead atoms. The summed E-state index contributed by atoms with van der Waals surface area (Å²) in [6, 6.07) is 16.7. The zero-order valence-corrected chi connectivity index (χ0v) is 13.1. The van der Waals surface area contributed by atoms with Crippen LogP contribution < -0.4 is 15.0 Å². The Hall–Kier alpha value is -2.16. The second-order valence-corrected chi connectivity index (χ2v) is 5.29. The van der Waals surface area contributed by atoms with Gasteiger partial charge in [-0.25, -0.2) is 0 Å². The molecule has 2 aromatic rings. The van der Waals surface area contributed by atoms with Crippen molar-refractivity contribution < 1.29 is 4.74 Å². The summed E-state index contributed by atoms with van der Waals surface area (Å²) in [6.07, 6.45) is 1.03. The molecule has 0 unspecified atom stereocenters. The summed E-state index contributed by atoms with van der Waals surface area (Å²) >= 11 is 0. The standard InChI is InChI=1S/C18H24N2O/c1-4-12-21-18-10-8-15(9-11-18)14-19-16-6-5-7-17(13-16)20(2)3/h5-11,13,19H,4,12,14H2,1-3H3. The molecule has 0 saturated heterocycles. The quantitative estimate of drug-likeness (QED) is 0.826. The summed E-state index contributed by atoms with van der Waals surface area (Å²) in [7, 11) is 4.10. The molecular formula is C18H24N2O. The molecule has 3 heteroatoms. The molecule has 1 N–H and O–H groups in total. The molecule has 0 heterocycles. The van der Waals surface area contributed by atoms with Gasteiger partial charge in [0.2, 0.25) is 0 Å². The van der Waals surface area contributed by atoms with Crippen molar-refractivity contribution in [3.05, 3.63) is 54.1 Å². The number of ether oxygens (including phenoxy) is 1. The van der Waals surface area contributed by atoms with E-state index in [-0.39, 0.29) is 0 Å². The topological polar surface area (TPSA) is 24.5 Å². The smallest absolute Gasteiger partial charge is 0.119 e. The first-order chi connectivity index (χ1) is 10.2. The fourth-order valence-electron chi connectivity index (χ4n) is 2.02. The van der Waals surface area contributed by atoms with E-state index in [1.165, 1.54) is 11.3 Å². The Morgan fingerprint density at radius 3 is 2.48 bits per heavy atom. The van der Waals surface area contributed by atoms with E-state index in [1.807, 2.05) is 26.2 Å². The lowest BCUT2D eigenvalue weighted by molar-refractivity contribution is 0.317. The summed E-state index contributed by atoms with van der Waals surface area (Å²) < 4.78 is 5.59. The van der Waals surface area contributed by atoms with Crippen LogP contribution in [0.25, 0.3) is 0 Å². The number of hydrogen-bond acceptors (Lipinski definition) is 3. The Labute approximate surface area is 127 Å². The maximum atomic E-state index is 5.59. The number of benzene rings is 2. The van der Waals surface area contributed by atoms with Crippen molar-refractivity contribution in [2.45, 2.75) is 19.9 Å². The van der Waals surface area contributed by atoms with Gasteiger partial charge in [0.05, 0.1) is 6.61 Å². The minimum atomic E-state index is 0.773. The highest BCUT2D eigenvalue weighted by molar-refractivity contribution is 5.57. The van der Waals surface area contributed by atoms with Gasteiger partial charge in [0.15, 0.2) is 0 Å². The third kappa shape index (κ3) is 4.71. The maximum absolute atomic E-state index is 5.59. The number of hydrogen-bond donors (Lipinski definition) is 1. The monoisotopic (exact) mass is 284 g/mol. The van der Waals surface area contributed by atoms with E-state index in [0.29, 0.717) is 0 Å². The minimum absolute atomic E-state index is 0.773. The molecule has 0 aliphatic heterocycles. The van der Waals surface area contributed by atoms with Crippen LogP contribution in [0.15, 0.2) is 48.5 Å². The van der Waals surface area contributed by atoms with Gasteiger partial charge in [-0.2, -0.15) is 0 Å². The van der Waals surface area contributed by atoms with Gasteiger partial charge in [0, 0.05) is 32.0 Å². The van der Waals surface area contributed by atoms with Gasteiger partial charge >= 0.3 is 0 Å². The van der Waals surface area contributed by atoms with E-state index in [0.717, 1.165) is 31.0 Å². The van der Waals surface area contributed by atoms with Crippen molar-refractivity contribution in [3.63, 3.8) is 0 Å². The third-order valence-corrected chi connectivity index (χ3v) is 3.26. The van der Waals surface area contributed by atoms with Crippen LogP contribution in [0.4, 0.5) is 11.4 Å². The molecule has 21 heavy (non-hydrogen) atoms. The van der Waals surface area contributed by atoms with Crippen LogP contribution in [0.1, 0.15) is 18.9 Å². The van der Waals surface area contributed by atoms with Crippen molar-refractivity contribution in [1.82, 2.24) is 0 Å². The molecule has 0 radical (unpaired) electrons. The average molecular weight is 284 g/mol. The second kappa shape index (κ2) is 7.58. The summed E-state index contributed by atoms with van der Waals surface area (Å²) in [5.41, 5.74) is 3.57. The zero-order valence-electron chi connectivity index (χ0n) is 13.1. The van der Waals surface area contributed by atoms with Crippen LogP contribution in [0.2, 0.25) is 0 Å². The second-order valence-electron chi connectivity index (χ2n) is 5.29. The van der Waals surface area contributed by atoms with E-state index < -0.39 is 0 Å². The molecule has 2 aromatic carbocycles. The van der Waals surface area contributed by atoms with E-state index in [4.69, 9.17) is 4.74 Å². The van der Waals surface area contributed by atoms with Gasteiger partial charge in [-0.1, -0.05) is 25.1 Å². The molecule has 0 aromatic heterocycles. The lowest BCUT2D eigenvalue weighted by atomic mass is 10.2. The summed E-state index contributed by atoms with van der Waals surface area (Å²) in [5, 5.41) is 3.45. The van der Waals surface area contributed by atoms with Crippen LogP contribution in [0.5, 0.6) is 5.75 Å². The highest BCUT2D eigenvalue weighted by Crippen LogP contribution is 2.18. The largest absolute Gasteiger partial charge is 0.494 e. The Morgan fingerprint density at radius 2 is 1.81 bits per heavy atom. The summed E-state index contributed by atoms with van der Waals surface area (Å²) in [5.74, 6) is 0.940. The maximum Gasteiger partial charge on any atom is 0.119 e. The SMILES string of the molecule is CCCOc1ccc(CNc2cccc(N(C)C)c2)cc1. The van der Waals surface area contributed by atoms with Crippen LogP contribution in [-0.2, 0) is 6.54 Å². The number of nitrogens with one attached hydrogen (secondary N) is 1. The Balaban J connectivity index is 1.92. The lowest BCUT2D eigenvalue weighted by Gasteiger charge is -2.14. The summed E-state index contributed by atoms with van der Waals surface area (Å²) in [6.45, 7) is 3.69. The molecule has 3 nitrogen and oxygen atoms in total. The van der Waals surface area contributed by atoms with Gasteiger partial charge in [0.1, 0.15) is 5.75 Å². The van der Waals surface area contributed by atoms with Gasteiger partial charge in [-0.3, -0.25) is 0 Å². The van der Waals surface area contributed by atoms with Crippen LogP contribution in [0, 0.1) is 0 Å². The van der Waals surface area contributed by atoms with Crippen molar-refractivity contribution in [1.29, 1.82) is 0 Å². The number of rotatable bonds is 7. The molecule has 0 aliphatic rings. The Kier molecular flexibility index (Phi) is 5.50. The van der Waals surface area contributed by atoms with Gasteiger partial charge in [-0.05, 0) is 42.3 Å². The predicted octanol–water partition coefficient (Wildman–Crippen LogP) is 4.15. The van der Waals surface area contributed by atoms with Crippen molar-refractivity contribution in [2.75, 3.05) is 30.9 Å². The highest BCUT2D eigenvalue weighted by atomic mass is 16.5. The molecule has 112 valence electrons. The molecular weight excluding hydrogens is 260 g/mol. The first kappa shape index (κ1) is 15.2. The van der Waals surface area contributed by atoms with E-state index in [2.05, 4.69) is 53.5 Å². The molecule has 0 aliphatic carbocycles. The predicted molar refractivity (Wildman–Crippen MR) is 90.3 cm³/mol. The summed E-state index contributed by atoms with van der Waals surface area (Å²) in [4.78, 5) is 2.10. The lowest BCUT2D eigenvalue weighted by Crippen LogP contribution is -2.09. The third-order valence-electron chi connectivity index (χ3n) is 3.26. The van der Waals surface area contributed by atoms with Crippen molar-refractivity contribution in [3.8, 4) is 5.75 Å². The number of nitrogens with zero attached hydrogens (tertiary/aromatic N) is 1. The fraction of sp³-hybridized carbons (Fsp3) is 0.333. The van der Waals surface area contributed by atoms with Crippen LogP contribution >= 0.6 is 0 Å². The van der Waals surface area contributed by atoms with Crippen molar-refractivity contribution in [2.24, 2.45) is 0 Å². The highest BCUT2D eigenvalue weighted by Gasteiger charge is 1.99. The van der Waals surface area contributed by atoms with Crippen LogP contribution in [-0.4, -0.2) is 20.7 Å². The van der Waals surface area contributed by atoms with Crippen molar-refractivity contribution >= 4 is 11.4 Å². The Bertz CT molecular complexity index is 549. The van der Waals surface area contributed by atoms with Gasteiger partial charge in [-0.15, -0.1) is 0 Å². The van der Waals surface area contributed by atoms with Gasteiger partial charge < -0.3 is 15.0 Å². The molecule has 0 spiro atoms. The Morgan fingerprint density at radius 1 is 1.05 bits per heavy atom. The normalized spacial score (nSPS) is 10.2. The minimum Gasteiger partial charge on any atom is -0.494 e. The van der Waals surface area contributed by atoms with E-state index in [9.17, 15) is 0 Å². The first-order valence-corrected chi connectivity index (χ1v) is 7.42. The molecule has 0 saturated carbocycles. The first-order valence-electron chi connectivity index (χ1n) is 7.42. The fourth-order valence-corrected chi connectivity index (χ4v) is 2.02. The molecule has 2 rings (SSSR count). The number of anilines is 2. The van der Waals surface area contributed by atoms with E-state index in [1.54, 1.807) is 0 Å². The van der Waals surface area contributed by atoms with Gasteiger partial charge in [0.25, 0.3) is 0 Å². The molecule has 0 fully saturated rings.